The van der Waals surface area contributed by atoms with Gasteiger partial charge in [0.2, 0.25) is 0 Å². The Bertz CT molecular complexity index is 303. The molecule has 0 aliphatic carbocycles. The van der Waals surface area contributed by atoms with Crippen LogP contribution in [0.4, 0.5) is 0 Å². The minimum atomic E-state index is 0.528. The summed E-state index contributed by atoms with van der Waals surface area (Å²) in [5.74, 6) is 0.828. The van der Waals surface area contributed by atoms with Crippen LogP contribution in [0, 0.1) is 6.92 Å². The Morgan fingerprint density at radius 3 is 2.87 bits per heavy atom. The van der Waals surface area contributed by atoms with Crippen LogP contribution in [0.2, 0.25) is 0 Å². The molecule has 0 saturated heterocycles. The topological polar surface area (TPSA) is 43.4 Å². The third-order valence-electron chi connectivity index (χ3n) is 1.96. The number of likely N-dealkylation sites (N-methyl/N-ethyl adjacent to an activating group) is 1. The molecule has 0 saturated carbocycles. The highest BCUT2D eigenvalue weighted by Crippen LogP contribution is 2.13. The maximum absolute atomic E-state index is 5.43. The van der Waals surface area contributed by atoms with Crippen molar-refractivity contribution in [2.75, 3.05) is 27.3 Å². The van der Waals surface area contributed by atoms with E-state index in [0.717, 1.165) is 23.7 Å². The lowest BCUT2D eigenvalue weighted by atomic mass is 10.3. The van der Waals surface area contributed by atoms with E-state index in [9.17, 15) is 0 Å². The first-order valence-corrected chi connectivity index (χ1v) is 5.00. The molecule has 0 fully saturated rings. The Morgan fingerprint density at radius 2 is 2.20 bits per heavy atom. The zero-order valence-electron chi connectivity index (χ0n) is 9.54. The first-order chi connectivity index (χ1) is 7.26. The second-order valence-electron chi connectivity index (χ2n) is 3.30. The molecule has 0 atom stereocenters. The van der Waals surface area contributed by atoms with Crippen LogP contribution in [0.1, 0.15) is 11.4 Å². The van der Waals surface area contributed by atoms with Crippen molar-refractivity contribution in [2.45, 2.75) is 13.5 Å². The molecule has 0 radical (unpaired) electrons. The van der Waals surface area contributed by atoms with Gasteiger partial charge in [-0.2, -0.15) is 0 Å². The number of aromatic nitrogens is 1. The molecule has 15 heavy (non-hydrogen) atoms. The SMILES string of the molecule is CNCCOCc1cc(OC)cc(C)n1. The van der Waals surface area contributed by atoms with Gasteiger partial charge in [-0.25, -0.2) is 0 Å². The van der Waals surface area contributed by atoms with Crippen LogP contribution in [-0.2, 0) is 11.3 Å². The summed E-state index contributed by atoms with van der Waals surface area (Å²) in [4.78, 5) is 4.35. The van der Waals surface area contributed by atoms with Crippen molar-refractivity contribution < 1.29 is 9.47 Å². The highest BCUT2D eigenvalue weighted by atomic mass is 16.5. The summed E-state index contributed by atoms with van der Waals surface area (Å²) < 4.78 is 10.6. The molecule has 4 heteroatoms. The number of rotatable bonds is 6. The molecule has 0 spiro atoms. The van der Waals surface area contributed by atoms with Crippen molar-refractivity contribution in [3.63, 3.8) is 0 Å². The third kappa shape index (κ3) is 4.27. The predicted molar refractivity (Wildman–Crippen MR) is 59.1 cm³/mol. The van der Waals surface area contributed by atoms with Gasteiger partial charge in [-0.05, 0) is 14.0 Å². The molecule has 1 aromatic rings. The molecular formula is C11H18N2O2. The molecule has 0 aromatic carbocycles. The van der Waals surface area contributed by atoms with E-state index in [1.54, 1.807) is 7.11 Å². The zero-order chi connectivity index (χ0) is 11.1. The summed E-state index contributed by atoms with van der Waals surface area (Å²) in [6.07, 6.45) is 0. The Hall–Kier alpha value is -1.13. The van der Waals surface area contributed by atoms with Gasteiger partial charge >= 0.3 is 0 Å². The molecule has 1 aromatic heterocycles. The maximum Gasteiger partial charge on any atom is 0.122 e. The van der Waals surface area contributed by atoms with E-state index >= 15 is 0 Å². The van der Waals surface area contributed by atoms with Gasteiger partial charge in [0.25, 0.3) is 0 Å². The van der Waals surface area contributed by atoms with Gasteiger partial charge < -0.3 is 14.8 Å². The van der Waals surface area contributed by atoms with Gasteiger partial charge in [-0.15, -0.1) is 0 Å². The number of nitrogens with zero attached hydrogens (tertiary/aromatic N) is 1. The molecule has 4 nitrogen and oxygen atoms in total. The minimum Gasteiger partial charge on any atom is -0.497 e. The Kier molecular flexibility index (Phi) is 5.07. The molecule has 0 aliphatic rings. The fourth-order valence-corrected chi connectivity index (χ4v) is 1.25. The van der Waals surface area contributed by atoms with E-state index in [4.69, 9.17) is 9.47 Å². The van der Waals surface area contributed by atoms with E-state index in [1.807, 2.05) is 26.1 Å². The van der Waals surface area contributed by atoms with Gasteiger partial charge in [-0.3, -0.25) is 4.98 Å². The van der Waals surface area contributed by atoms with Crippen molar-refractivity contribution >= 4 is 0 Å². The molecule has 0 amide bonds. The smallest absolute Gasteiger partial charge is 0.122 e. The number of ether oxygens (including phenoxy) is 2. The summed E-state index contributed by atoms with van der Waals surface area (Å²) in [5.41, 5.74) is 1.85. The minimum absolute atomic E-state index is 0.528. The van der Waals surface area contributed by atoms with Crippen LogP contribution in [0.5, 0.6) is 5.75 Å². The molecule has 84 valence electrons. The molecular weight excluding hydrogens is 192 g/mol. The molecule has 1 rings (SSSR count). The van der Waals surface area contributed by atoms with Crippen molar-refractivity contribution in [1.29, 1.82) is 0 Å². The largest absolute Gasteiger partial charge is 0.497 e. The lowest BCUT2D eigenvalue weighted by Crippen LogP contribution is -2.14. The van der Waals surface area contributed by atoms with Gasteiger partial charge in [0, 0.05) is 24.4 Å². The lowest BCUT2D eigenvalue weighted by Gasteiger charge is -2.06. The summed E-state index contributed by atoms with van der Waals surface area (Å²) in [6, 6.07) is 3.80. The Morgan fingerprint density at radius 1 is 1.40 bits per heavy atom. The Balaban J connectivity index is 2.49. The average molecular weight is 210 g/mol. The number of pyridine rings is 1. The molecule has 0 bridgehead atoms. The van der Waals surface area contributed by atoms with E-state index in [1.165, 1.54) is 0 Å². The van der Waals surface area contributed by atoms with Gasteiger partial charge in [0.05, 0.1) is 26.0 Å². The fraction of sp³-hybridized carbons (Fsp3) is 0.545. The third-order valence-corrected chi connectivity index (χ3v) is 1.96. The van der Waals surface area contributed by atoms with E-state index in [2.05, 4.69) is 10.3 Å². The summed E-state index contributed by atoms with van der Waals surface area (Å²) in [5, 5.41) is 3.02. The second kappa shape index (κ2) is 6.37. The standard InChI is InChI=1S/C11H18N2O2/c1-9-6-11(14-3)7-10(13-9)8-15-5-4-12-2/h6-7,12H,4-5,8H2,1-3H3. The van der Waals surface area contributed by atoms with Gasteiger partial charge in [0.1, 0.15) is 5.75 Å². The van der Waals surface area contributed by atoms with Crippen molar-refractivity contribution in [3.05, 3.63) is 23.5 Å². The summed E-state index contributed by atoms with van der Waals surface area (Å²) in [7, 11) is 3.55. The van der Waals surface area contributed by atoms with Crippen LogP contribution in [0.3, 0.4) is 0 Å². The lowest BCUT2D eigenvalue weighted by molar-refractivity contribution is 0.121. The van der Waals surface area contributed by atoms with Crippen molar-refractivity contribution in [2.24, 2.45) is 0 Å². The quantitative estimate of drug-likeness (QED) is 0.715. The highest BCUT2D eigenvalue weighted by molar-refractivity contribution is 5.26. The normalized spacial score (nSPS) is 10.3. The molecule has 1 heterocycles. The number of hydrogen-bond donors (Lipinski definition) is 1. The number of aryl methyl sites for hydroxylation is 1. The molecule has 0 unspecified atom stereocenters. The van der Waals surface area contributed by atoms with Crippen LogP contribution >= 0.6 is 0 Å². The predicted octanol–water partition coefficient (Wildman–Crippen LogP) is 1.13. The monoisotopic (exact) mass is 210 g/mol. The van der Waals surface area contributed by atoms with Crippen LogP contribution in [-0.4, -0.2) is 32.3 Å². The van der Waals surface area contributed by atoms with E-state index in [-0.39, 0.29) is 0 Å². The Labute approximate surface area is 90.6 Å². The summed E-state index contributed by atoms with van der Waals surface area (Å²) in [6.45, 7) is 4.01. The maximum atomic E-state index is 5.43. The first-order valence-electron chi connectivity index (χ1n) is 5.00. The molecule has 1 N–H and O–H groups in total. The van der Waals surface area contributed by atoms with E-state index in [0.29, 0.717) is 13.2 Å². The zero-order valence-corrected chi connectivity index (χ0v) is 9.54. The highest BCUT2D eigenvalue weighted by Gasteiger charge is 2.00. The second-order valence-corrected chi connectivity index (χ2v) is 3.30. The van der Waals surface area contributed by atoms with Crippen molar-refractivity contribution in [1.82, 2.24) is 10.3 Å². The number of hydrogen-bond acceptors (Lipinski definition) is 4. The van der Waals surface area contributed by atoms with Gasteiger partial charge in [0.15, 0.2) is 0 Å². The molecule has 0 aliphatic heterocycles. The first kappa shape index (κ1) is 11.9. The van der Waals surface area contributed by atoms with Crippen LogP contribution in [0.25, 0.3) is 0 Å². The van der Waals surface area contributed by atoms with Crippen LogP contribution in [0.15, 0.2) is 12.1 Å². The number of methoxy groups -OCH3 is 1. The van der Waals surface area contributed by atoms with Gasteiger partial charge in [-0.1, -0.05) is 0 Å². The van der Waals surface area contributed by atoms with Crippen LogP contribution < -0.4 is 10.1 Å². The fourth-order valence-electron chi connectivity index (χ4n) is 1.25. The average Bonchev–Trinajstić information content (AvgIpc) is 2.23. The van der Waals surface area contributed by atoms with E-state index < -0.39 is 0 Å². The van der Waals surface area contributed by atoms with Crippen molar-refractivity contribution in [3.8, 4) is 5.75 Å². The number of nitrogens with one attached hydrogen (secondary N) is 1. The summed E-state index contributed by atoms with van der Waals surface area (Å²) >= 11 is 0.